The lowest BCUT2D eigenvalue weighted by atomic mass is 9.54. The van der Waals surface area contributed by atoms with Crippen LogP contribution in [0.3, 0.4) is 0 Å². The number of benzene rings is 2. The van der Waals surface area contributed by atoms with Gasteiger partial charge in [-0.05, 0) is 97.1 Å². The van der Waals surface area contributed by atoms with E-state index >= 15 is 0 Å². The molecule has 0 radical (unpaired) electrons. The van der Waals surface area contributed by atoms with Gasteiger partial charge in [-0.25, -0.2) is 0 Å². The van der Waals surface area contributed by atoms with Gasteiger partial charge in [0.05, 0.1) is 7.11 Å². The highest BCUT2D eigenvalue weighted by Crippen LogP contribution is 2.63. The fraction of sp³-hybridized carbons (Fsp3) is 0.414. The van der Waals surface area contributed by atoms with Gasteiger partial charge in [-0.15, -0.1) is 0 Å². The lowest BCUT2D eigenvalue weighted by Crippen LogP contribution is -2.40. The van der Waals surface area contributed by atoms with Crippen molar-refractivity contribution in [3.05, 3.63) is 77.1 Å². The second kappa shape index (κ2) is 7.37. The highest BCUT2D eigenvalue weighted by molar-refractivity contribution is 5.73. The van der Waals surface area contributed by atoms with Gasteiger partial charge in [0.1, 0.15) is 11.4 Å². The lowest BCUT2D eigenvalue weighted by molar-refractivity contribution is 0.0872. The van der Waals surface area contributed by atoms with Crippen LogP contribution < -0.4 is 4.74 Å². The van der Waals surface area contributed by atoms with Gasteiger partial charge in [0.2, 0.25) is 0 Å². The number of ether oxygens (including phenoxy) is 1. The number of methoxy groups -OCH3 is 1. The van der Waals surface area contributed by atoms with E-state index in [-0.39, 0.29) is 5.41 Å². The first-order valence-corrected chi connectivity index (χ1v) is 12.0. The van der Waals surface area contributed by atoms with Crippen LogP contribution in [-0.4, -0.2) is 12.3 Å². The minimum atomic E-state index is 0.175. The molecule has 1 saturated carbocycles. The summed E-state index contributed by atoms with van der Waals surface area (Å²) in [7, 11) is 1.76. The molecule has 1 aromatic heterocycles. The van der Waals surface area contributed by atoms with Crippen molar-refractivity contribution < 1.29 is 9.26 Å². The Labute approximate surface area is 190 Å². The monoisotopic (exact) mass is 425 g/mol. The maximum atomic E-state index is 5.94. The van der Waals surface area contributed by atoms with Crippen LogP contribution in [0, 0.1) is 24.2 Å². The number of rotatable bonds is 3. The molecule has 0 aliphatic heterocycles. The molecule has 164 valence electrons. The van der Waals surface area contributed by atoms with Gasteiger partial charge in [-0.3, -0.25) is 0 Å². The van der Waals surface area contributed by atoms with Gasteiger partial charge in [-0.1, -0.05) is 48.0 Å². The zero-order chi connectivity index (χ0) is 21.9. The summed E-state index contributed by atoms with van der Waals surface area (Å²) in [6, 6.07) is 17.4. The summed E-state index contributed by atoms with van der Waals surface area (Å²) in [6.07, 6.45) is 8.49. The van der Waals surface area contributed by atoms with E-state index in [0.29, 0.717) is 11.8 Å². The highest BCUT2D eigenvalue weighted by atomic mass is 16.5. The van der Waals surface area contributed by atoms with Gasteiger partial charge < -0.3 is 9.26 Å². The molecule has 6 rings (SSSR count). The van der Waals surface area contributed by atoms with Crippen molar-refractivity contribution >= 4 is 5.57 Å². The summed E-state index contributed by atoms with van der Waals surface area (Å²) in [6.45, 7) is 4.59. The zero-order valence-electron chi connectivity index (χ0n) is 19.2. The summed E-state index contributed by atoms with van der Waals surface area (Å²) in [4.78, 5) is 0. The van der Waals surface area contributed by atoms with Crippen LogP contribution in [0.5, 0.6) is 5.75 Å². The van der Waals surface area contributed by atoms with Gasteiger partial charge in [0.25, 0.3) is 0 Å². The fourth-order valence-corrected chi connectivity index (χ4v) is 6.98. The van der Waals surface area contributed by atoms with E-state index in [1.807, 2.05) is 0 Å². The number of hydrogen-bond donors (Lipinski definition) is 0. The Balaban J connectivity index is 1.29. The number of nitrogens with zero attached hydrogens (tertiary/aromatic N) is 1. The molecule has 0 amide bonds. The number of aromatic nitrogens is 1. The first kappa shape index (κ1) is 19.8. The average Bonchev–Trinajstić information content (AvgIpc) is 3.42. The van der Waals surface area contributed by atoms with E-state index in [2.05, 4.69) is 73.6 Å². The van der Waals surface area contributed by atoms with Gasteiger partial charge in [0, 0.05) is 11.6 Å². The van der Waals surface area contributed by atoms with Crippen LogP contribution in [0.4, 0.5) is 0 Å². The first-order chi connectivity index (χ1) is 15.6. The molecule has 1 fully saturated rings. The van der Waals surface area contributed by atoms with E-state index in [1.165, 1.54) is 36.0 Å². The predicted octanol–water partition coefficient (Wildman–Crippen LogP) is 7.21. The summed E-state index contributed by atoms with van der Waals surface area (Å²) >= 11 is 0. The second-order valence-corrected chi connectivity index (χ2v) is 10.2. The molecular formula is C29H31NO2. The molecule has 4 atom stereocenters. The third kappa shape index (κ3) is 2.97. The van der Waals surface area contributed by atoms with Crippen molar-refractivity contribution in [2.75, 3.05) is 7.11 Å². The molecule has 1 heterocycles. The van der Waals surface area contributed by atoms with Crippen LogP contribution in [0.25, 0.3) is 16.8 Å². The van der Waals surface area contributed by atoms with Crippen molar-refractivity contribution in [2.45, 2.75) is 51.9 Å². The molecule has 3 heteroatoms. The Morgan fingerprint density at radius 2 is 2.00 bits per heavy atom. The topological polar surface area (TPSA) is 35.3 Å². The Hall–Kier alpha value is -2.81. The maximum Gasteiger partial charge on any atom is 0.163 e. The fourth-order valence-electron chi connectivity index (χ4n) is 6.98. The zero-order valence-corrected chi connectivity index (χ0v) is 19.2. The molecular weight excluding hydrogens is 394 g/mol. The molecule has 0 bridgehead atoms. The predicted molar refractivity (Wildman–Crippen MR) is 128 cm³/mol. The van der Waals surface area contributed by atoms with E-state index < -0.39 is 0 Å². The second-order valence-electron chi connectivity index (χ2n) is 10.2. The van der Waals surface area contributed by atoms with Crippen LogP contribution >= 0.6 is 0 Å². The van der Waals surface area contributed by atoms with E-state index in [1.54, 1.807) is 12.7 Å². The van der Waals surface area contributed by atoms with Crippen LogP contribution in [-0.2, 0) is 6.42 Å². The number of hydrogen-bond acceptors (Lipinski definition) is 3. The van der Waals surface area contributed by atoms with Crippen molar-refractivity contribution in [3.63, 3.8) is 0 Å². The Bertz CT molecular complexity index is 1210. The number of fused-ring (bicyclic) bond motifs is 5. The molecule has 3 aliphatic carbocycles. The maximum absolute atomic E-state index is 5.94. The first-order valence-electron chi connectivity index (χ1n) is 12.0. The average molecular weight is 426 g/mol. The molecule has 3 nitrogen and oxygen atoms in total. The van der Waals surface area contributed by atoms with Gasteiger partial charge >= 0.3 is 0 Å². The SMILES string of the molecule is COc1ccc2c(c1)CC[C@@H]1[C@@H]2CC[C@]2(C)C(c3cc(-c4cccc(C)c4)no3)=CC[C@@H]12. The molecule has 0 N–H and O–H groups in total. The molecule has 3 aromatic rings. The van der Waals surface area contributed by atoms with Crippen molar-refractivity contribution in [1.82, 2.24) is 5.16 Å². The van der Waals surface area contributed by atoms with E-state index in [9.17, 15) is 0 Å². The highest BCUT2D eigenvalue weighted by Gasteiger charge is 2.52. The minimum absolute atomic E-state index is 0.175. The van der Waals surface area contributed by atoms with Gasteiger partial charge in [-0.2, -0.15) is 0 Å². The third-order valence-corrected chi connectivity index (χ3v) is 8.60. The van der Waals surface area contributed by atoms with Crippen LogP contribution in [0.15, 0.2) is 59.1 Å². The van der Waals surface area contributed by atoms with Crippen LogP contribution in [0.1, 0.15) is 61.0 Å². The summed E-state index contributed by atoms with van der Waals surface area (Å²) in [5.74, 6) is 4.04. The summed E-state index contributed by atoms with van der Waals surface area (Å²) < 4.78 is 11.4. The normalized spacial score (nSPS) is 28.5. The summed E-state index contributed by atoms with van der Waals surface area (Å²) in [5.41, 5.74) is 7.93. The molecule has 32 heavy (non-hydrogen) atoms. The standard InChI is InChI=1S/C29H31NO2/c1-18-5-4-6-20(15-18)27-17-28(32-30-27)26-12-11-25-24-9-7-19-16-21(31-3)8-10-22(19)23(24)13-14-29(25,26)2/h4-6,8,10,12,15-17,23-25H,7,9,11,13-14H2,1-3H3/t23-,24-,25+,29+/m1/s1. The lowest BCUT2D eigenvalue weighted by Gasteiger charge is -2.50. The van der Waals surface area contributed by atoms with Gasteiger partial charge in [0.15, 0.2) is 5.76 Å². The molecule has 2 aromatic carbocycles. The molecule has 0 spiro atoms. The minimum Gasteiger partial charge on any atom is -0.497 e. The van der Waals surface area contributed by atoms with Crippen LogP contribution in [0.2, 0.25) is 0 Å². The number of allylic oxidation sites excluding steroid dienone is 2. The van der Waals surface area contributed by atoms with Crippen molar-refractivity contribution in [1.29, 1.82) is 0 Å². The molecule has 3 aliphatic rings. The quantitative estimate of drug-likeness (QED) is 0.445. The summed E-state index contributed by atoms with van der Waals surface area (Å²) in [5, 5.41) is 4.44. The van der Waals surface area contributed by atoms with E-state index in [0.717, 1.165) is 41.5 Å². The smallest absolute Gasteiger partial charge is 0.163 e. The van der Waals surface area contributed by atoms with Crippen molar-refractivity contribution in [3.8, 4) is 17.0 Å². The Kier molecular flexibility index (Phi) is 4.57. The Morgan fingerprint density at radius 3 is 2.84 bits per heavy atom. The molecule has 0 unspecified atom stereocenters. The largest absolute Gasteiger partial charge is 0.497 e. The molecule has 0 saturated heterocycles. The van der Waals surface area contributed by atoms with Crippen molar-refractivity contribution in [2.24, 2.45) is 17.3 Å². The number of aryl methyl sites for hydroxylation is 2. The van der Waals surface area contributed by atoms with E-state index in [4.69, 9.17) is 9.26 Å². The Morgan fingerprint density at radius 1 is 1.09 bits per heavy atom. The third-order valence-electron chi connectivity index (χ3n) is 8.60.